The van der Waals surface area contributed by atoms with E-state index in [0.29, 0.717) is 0 Å². The van der Waals surface area contributed by atoms with Crippen LogP contribution in [0.3, 0.4) is 0 Å². The normalized spacial score (nSPS) is 12.5. The SMILES string of the molecule is C[C@@H](OC(=O)c1ccc(S(=O)(=O)C(F)F)cc1)C(=O)Nc1ncc(Cl)cc1Cl. The van der Waals surface area contributed by atoms with E-state index in [0.717, 1.165) is 24.3 Å². The van der Waals surface area contributed by atoms with Crippen molar-refractivity contribution in [3.05, 3.63) is 52.1 Å². The molecule has 0 fully saturated rings. The Morgan fingerprint density at radius 3 is 2.32 bits per heavy atom. The molecule has 0 aliphatic rings. The standard InChI is InChI=1S/C16H12Cl2F2N2O5S/c1-8(14(23)22-13-12(18)6-10(17)7-21-13)27-15(24)9-2-4-11(5-3-9)28(25,26)16(19)20/h2-8,16H,1H3,(H,21,22,23)/t8-/m1/s1. The number of alkyl halides is 2. The number of carbonyl (C=O) groups is 2. The largest absolute Gasteiger partial charge is 0.449 e. The minimum absolute atomic E-state index is 0.0144. The lowest BCUT2D eigenvalue weighted by molar-refractivity contribution is -0.123. The number of sulfone groups is 1. The highest BCUT2D eigenvalue weighted by Gasteiger charge is 2.27. The van der Waals surface area contributed by atoms with Gasteiger partial charge in [0.25, 0.3) is 5.91 Å². The highest BCUT2D eigenvalue weighted by atomic mass is 35.5. The van der Waals surface area contributed by atoms with E-state index in [1.165, 1.54) is 19.2 Å². The number of hydrogen-bond donors (Lipinski definition) is 1. The molecule has 1 heterocycles. The average molecular weight is 453 g/mol. The average Bonchev–Trinajstić information content (AvgIpc) is 2.63. The van der Waals surface area contributed by atoms with Gasteiger partial charge in [0, 0.05) is 6.20 Å². The fourth-order valence-electron chi connectivity index (χ4n) is 1.89. The van der Waals surface area contributed by atoms with Crippen LogP contribution in [-0.2, 0) is 19.4 Å². The van der Waals surface area contributed by atoms with E-state index < -0.39 is 38.5 Å². The molecule has 0 radical (unpaired) electrons. The van der Waals surface area contributed by atoms with Crippen molar-refractivity contribution >= 4 is 50.7 Å². The highest BCUT2D eigenvalue weighted by molar-refractivity contribution is 7.91. The number of amides is 1. The van der Waals surface area contributed by atoms with E-state index in [1.807, 2.05) is 0 Å². The zero-order valence-corrected chi connectivity index (χ0v) is 16.4. The molecule has 150 valence electrons. The number of halogens is 4. The van der Waals surface area contributed by atoms with Crippen LogP contribution in [0.25, 0.3) is 0 Å². The van der Waals surface area contributed by atoms with E-state index in [-0.39, 0.29) is 21.4 Å². The summed E-state index contributed by atoms with van der Waals surface area (Å²) in [6.45, 7) is 1.28. The van der Waals surface area contributed by atoms with Gasteiger partial charge in [-0.25, -0.2) is 18.2 Å². The van der Waals surface area contributed by atoms with Crippen LogP contribution in [0.5, 0.6) is 0 Å². The first-order chi connectivity index (χ1) is 13.0. The van der Waals surface area contributed by atoms with Gasteiger partial charge in [-0.05, 0) is 37.3 Å². The zero-order chi connectivity index (χ0) is 21.1. The number of benzene rings is 1. The number of carbonyl (C=O) groups excluding carboxylic acids is 2. The maximum absolute atomic E-state index is 12.5. The Hall–Kier alpha value is -2.30. The molecule has 7 nitrogen and oxygen atoms in total. The minimum Gasteiger partial charge on any atom is -0.449 e. The second kappa shape index (κ2) is 8.80. The fraction of sp³-hybridized carbons (Fsp3) is 0.188. The number of ether oxygens (including phenoxy) is 1. The second-order valence-corrected chi connectivity index (χ2v) is 8.11. The van der Waals surface area contributed by atoms with E-state index in [1.54, 1.807) is 0 Å². The van der Waals surface area contributed by atoms with Gasteiger partial charge >= 0.3 is 11.7 Å². The lowest BCUT2D eigenvalue weighted by atomic mass is 10.2. The Bertz CT molecular complexity index is 1000. The Balaban J connectivity index is 2.04. The summed E-state index contributed by atoms with van der Waals surface area (Å²) in [5.41, 5.74) is -0.129. The molecule has 1 atom stereocenters. The summed E-state index contributed by atoms with van der Waals surface area (Å²) >= 11 is 11.6. The number of pyridine rings is 1. The molecule has 2 rings (SSSR count). The lowest BCUT2D eigenvalue weighted by Crippen LogP contribution is -2.30. The molecule has 2 aromatic rings. The maximum Gasteiger partial charge on any atom is 0.341 e. The fourth-order valence-corrected chi connectivity index (χ4v) is 3.04. The summed E-state index contributed by atoms with van der Waals surface area (Å²) in [7, 11) is -4.78. The first-order valence-corrected chi connectivity index (χ1v) is 9.77. The molecule has 0 saturated carbocycles. The molecule has 0 unspecified atom stereocenters. The van der Waals surface area contributed by atoms with Crippen molar-refractivity contribution in [1.29, 1.82) is 0 Å². The summed E-state index contributed by atoms with van der Waals surface area (Å²) in [5.74, 6) is -5.26. The predicted octanol–water partition coefficient (Wildman–Crippen LogP) is 3.57. The van der Waals surface area contributed by atoms with Gasteiger partial charge in [-0.15, -0.1) is 0 Å². The molecule has 0 saturated heterocycles. The van der Waals surface area contributed by atoms with E-state index in [2.05, 4.69) is 10.3 Å². The highest BCUT2D eigenvalue weighted by Crippen LogP contribution is 2.23. The Morgan fingerprint density at radius 2 is 1.79 bits per heavy atom. The lowest BCUT2D eigenvalue weighted by Gasteiger charge is -2.14. The topological polar surface area (TPSA) is 102 Å². The molecule has 1 aromatic heterocycles. The van der Waals surface area contributed by atoms with Gasteiger partial charge in [-0.2, -0.15) is 8.78 Å². The zero-order valence-electron chi connectivity index (χ0n) is 14.0. The quantitative estimate of drug-likeness (QED) is 0.671. The number of hydrogen-bond acceptors (Lipinski definition) is 6. The number of anilines is 1. The van der Waals surface area contributed by atoms with Crippen LogP contribution in [0.2, 0.25) is 10.0 Å². The number of nitrogens with one attached hydrogen (secondary N) is 1. The third-order valence-electron chi connectivity index (χ3n) is 3.36. The summed E-state index contributed by atoms with van der Waals surface area (Å²) in [4.78, 5) is 27.3. The van der Waals surface area contributed by atoms with Crippen LogP contribution < -0.4 is 5.32 Å². The number of esters is 1. The molecule has 0 bridgehead atoms. The van der Waals surface area contributed by atoms with Gasteiger partial charge in [-0.1, -0.05) is 23.2 Å². The first-order valence-electron chi connectivity index (χ1n) is 7.47. The van der Waals surface area contributed by atoms with Gasteiger partial charge in [0.15, 0.2) is 11.9 Å². The molecule has 1 amide bonds. The number of nitrogens with zero attached hydrogens (tertiary/aromatic N) is 1. The van der Waals surface area contributed by atoms with Crippen LogP contribution >= 0.6 is 23.2 Å². The number of rotatable bonds is 6. The van der Waals surface area contributed by atoms with E-state index in [9.17, 15) is 26.8 Å². The Labute approximate surface area is 168 Å². The smallest absolute Gasteiger partial charge is 0.341 e. The van der Waals surface area contributed by atoms with Gasteiger partial charge in [0.05, 0.1) is 20.5 Å². The van der Waals surface area contributed by atoms with E-state index in [4.69, 9.17) is 27.9 Å². The van der Waals surface area contributed by atoms with E-state index >= 15 is 0 Å². The van der Waals surface area contributed by atoms with Crippen molar-refractivity contribution in [1.82, 2.24) is 4.98 Å². The van der Waals surface area contributed by atoms with Crippen LogP contribution in [0.15, 0.2) is 41.4 Å². The Kier molecular flexibility index (Phi) is 6.91. The van der Waals surface area contributed by atoms with Crippen molar-refractivity contribution in [3.8, 4) is 0 Å². The monoisotopic (exact) mass is 452 g/mol. The molecule has 28 heavy (non-hydrogen) atoms. The van der Waals surface area contributed by atoms with Gasteiger partial charge in [0.1, 0.15) is 0 Å². The van der Waals surface area contributed by atoms with Gasteiger partial charge < -0.3 is 10.1 Å². The molecule has 0 aliphatic heterocycles. The number of aromatic nitrogens is 1. The molecule has 0 spiro atoms. The van der Waals surface area contributed by atoms with Crippen molar-refractivity contribution in [2.45, 2.75) is 23.7 Å². The summed E-state index contributed by atoms with van der Waals surface area (Å²) in [6.07, 6.45) is -0.000120. The molecule has 1 aromatic carbocycles. The third-order valence-corrected chi connectivity index (χ3v) is 5.25. The first kappa shape index (κ1) is 22.0. The Morgan fingerprint density at radius 1 is 1.18 bits per heavy atom. The molecule has 0 aliphatic carbocycles. The maximum atomic E-state index is 12.5. The van der Waals surface area contributed by atoms with Crippen LogP contribution in [0.4, 0.5) is 14.6 Å². The molecular formula is C16H12Cl2F2N2O5S. The van der Waals surface area contributed by atoms with Crippen LogP contribution in [0.1, 0.15) is 17.3 Å². The summed E-state index contributed by atoms with van der Waals surface area (Å²) in [6, 6.07) is 5.05. The molecule has 1 N–H and O–H groups in total. The predicted molar refractivity (Wildman–Crippen MR) is 97.4 cm³/mol. The third kappa shape index (κ3) is 5.15. The van der Waals surface area contributed by atoms with Crippen molar-refractivity contribution in [2.24, 2.45) is 0 Å². The summed E-state index contributed by atoms with van der Waals surface area (Å²) in [5, 5.41) is 2.70. The van der Waals surface area contributed by atoms with Crippen molar-refractivity contribution in [2.75, 3.05) is 5.32 Å². The molecule has 12 heteroatoms. The van der Waals surface area contributed by atoms with Crippen LogP contribution in [-0.4, -0.2) is 37.1 Å². The van der Waals surface area contributed by atoms with Crippen LogP contribution in [0, 0.1) is 0 Å². The minimum atomic E-state index is -4.78. The van der Waals surface area contributed by atoms with Gasteiger partial charge in [0.2, 0.25) is 9.84 Å². The second-order valence-electron chi connectivity index (χ2n) is 5.35. The summed E-state index contributed by atoms with van der Waals surface area (Å²) < 4.78 is 52.7. The molecular weight excluding hydrogens is 441 g/mol. The van der Waals surface area contributed by atoms with Crippen molar-refractivity contribution in [3.63, 3.8) is 0 Å². The van der Waals surface area contributed by atoms with Gasteiger partial charge in [-0.3, -0.25) is 4.79 Å². The van der Waals surface area contributed by atoms with Crippen molar-refractivity contribution < 1.29 is 31.5 Å².